The molecule has 2 heterocycles. The summed E-state index contributed by atoms with van der Waals surface area (Å²) >= 11 is 0. The summed E-state index contributed by atoms with van der Waals surface area (Å²) in [7, 11) is 0. The number of benzene rings is 1. The average Bonchev–Trinajstić information content (AvgIpc) is 3.21. The standard InChI is InChI=1S/C17H20N2O3/c20-15(8-13-4-2-1-3-5-13)18-11-17(12-18)9-16(21)19(22-17)10-14-6-7-14/h1-5,14H,6-12H2. The molecule has 3 fully saturated rings. The van der Waals surface area contributed by atoms with Crippen LogP contribution >= 0.6 is 0 Å². The van der Waals surface area contributed by atoms with Crippen molar-refractivity contribution in [3.05, 3.63) is 35.9 Å². The van der Waals surface area contributed by atoms with Crippen molar-refractivity contribution in [1.82, 2.24) is 9.96 Å². The van der Waals surface area contributed by atoms with E-state index < -0.39 is 5.60 Å². The van der Waals surface area contributed by atoms with Gasteiger partial charge in [0.1, 0.15) is 5.60 Å². The molecule has 0 aromatic heterocycles. The lowest BCUT2D eigenvalue weighted by Crippen LogP contribution is -2.64. The first-order chi connectivity index (χ1) is 10.6. The van der Waals surface area contributed by atoms with Gasteiger partial charge in [-0.25, -0.2) is 5.06 Å². The Hall–Kier alpha value is -1.88. The highest BCUT2D eigenvalue weighted by Crippen LogP contribution is 2.38. The molecule has 3 aliphatic rings. The summed E-state index contributed by atoms with van der Waals surface area (Å²) in [5, 5.41) is 1.54. The van der Waals surface area contributed by atoms with Crippen LogP contribution in [0.1, 0.15) is 24.8 Å². The Morgan fingerprint density at radius 3 is 2.64 bits per heavy atom. The van der Waals surface area contributed by atoms with Gasteiger partial charge in [-0.3, -0.25) is 14.4 Å². The van der Waals surface area contributed by atoms with Gasteiger partial charge in [-0.15, -0.1) is 0 Å². The van der Waals surface area contributed by atoms with Gasteiger partial charge in [-0.2, -0.15) is 0 Å². The van der Waals surface area contributed by atoms with E-state index in [-0.39, 0.29) is 11.8 Å². The van der Waals surface area contributed by atoms with Crippen LogP contribution in [0.5, 0.6) is 0 Å². The third kappa shape index (κ3) is 2.61. The SMILES string of the molecule is O=C(Cc1ccccc1)N1CC2(CC(=O)N(CC3CC3)O2)C1. The number of carbonyl (C=O) groups is 2. The van der Waals surface area contributed by atoms with Crippen molar-refractivity contribution in [2.75, 3.05) is 19.6 Å². The van der Waals surface area contributed by atoms with Gasteiger partial charge in [-0.1, -0.05) is 30.3 Å². The van der Waals surface area contributed by atoms with Gasteiger partial charge in [0.15, 0.2) is 0 Å². The summed E-state index contributed by atoms with van der Waals surface area (Å²) in [5.41, 5.74) is 0.574. The molecule has 2 aliphatic heterocycles. The molecule has 1 aromatic rings. The maximum absolute atomic E-state index is 12.3. The summed E-state index contributed by atoms with van der Waals surface area (Å²) in [4.78, 5) is 31.9. The molecule has 2 amide bonds. The van der Waals surface area contributed by atoms with Crippen LogP contribution in [0.3, 0.4) is 0 Å². The number of rotatable bonds is 4. The van der Waals surface area contributed by atoms with Crippen molar-refractivity contribution in [3.63, 3.8) is 0 Å². The highest BCUT2D eigenvalue weighted by atomic mass is 16.7. The zero-order valence-corrected chi connectivity index (χ0v) is 12.5. The van der Waals surface area contributed by atoms with Crippen molar-refractivity contribution >= 4 is 11.8 Å². The minimum Gasteiger partial charge on any atom is -0.336 e. The first-order valence-electron chi connectivity index (χ1n) is 7.95. The molecule has 2 saturated heterocycles. The third-order valence-corrected chi connectivity index (χ3v) is 4.69. The Morgan fingerprint density at radius 1 is 1.23 bits per heavy atom. The fraction of sp³-hybridized carbons (Fsp3) is 0.529. The van der Waals surface area contributed by atoms with Gasteiger partial charge < -0.3 is 4.90 Å². The zero-order valence-electron chi connectivity index (χ0n) is 12.5. The quantitative estimate of drug-likeness (QED) is 0.844. The zero-order chi connectivity index (χ0) is 15.2. The average molecular weight is 300 g/mol. The molecule has 22 heavy (non-hydrogen) atoms. The van der Waals surface area contributed by atoms with Gasteiger partial charge in [0, 0.05) is 0 Å². The van der Waals surface area contributed by atoms with Crippen LogP contribution < -0.4 is 0 Å². The van der Waals surface area contributed by atoms with Gasteiger partial charge in [-0.05, 0) is 24.3 Å². The van der Waals surface area contributed by atoms with Crippen LogP contribution in [0.2, 0.25) is 0 Å². The summed E-state index contributed by atoms with van der Waals surface area (Å²) in [6.45, 7) is 1.79. The molecule has 0 atom stereocenters. The molecule has 0 radical (unpaired) electrons. The normalized spacial score (nSPS) is 23.0. The highest BCUT2D eigenvalue weighted by molar-refractivity contribution is 5.82. The summed E-state index contributed by atoms with van der Waals surface area (Å²) in [6.07, 6.45) is 3.22. The second-order valence-corrected chi connectivity index (χ2v) is 6.76. The van der Waals surface area contributed by atoms with E-state index in [0.29, 0.717) is 31.8 Å². The third-order valence-electron chi connectivity index (χ3n) is 4.69. The molecule has 0 bridgehead atoms. The van der Waals surface area contributed by atoms with Crippen LogP contribution in [0.4, 0.5) is 0 Å². The summed E-state index contributed by atoms with van der Waals surface area (Å²) in [5.74, 6) is 0.797. The van der Waals surface area contributed by atoms with E-state index in [0.717, 1.165) is 12.1 Å². The Balaban J connectivity index is 1.31. The first kappa shape index (κ1) is 13.8. The molecule has 1 saturated carbocycles. The lowest BCUT2D eigenvalue weighted by atomic mass is 9.90. The first-order valence-corrected chi connectivity index (χ1v) is 7.95. The van der Waals surface area contributed by atoms with E-state index >= 15 is 0 Å². The van der Waals surface area contributed by atoms with Gasteiger partial charge in [0.25, 0.3) is 0 Å². The number of carbonyl (C=O) groups excluding carboxylic acids is 2. The summed E-state index contributed by atoms with van der Waals surface area (Å²) in [6, 6.07) is 9.74. The van der Waals surface area contributed by atoms with Crippen LogP contribution in [0.15, 0.2) is 30.3 Å². The van der Waals surface area contributed by atoms with E-state index in [1.165, 1.54) is 17.9 Å². The number of hydrogen-bond acceptors (Lipinski definition) is 3. The van der Waals surface area contributed by atoms with E-state index in [1.807, 2.05) is 30.3 Å². The van der Waals surface area contributed by atoms with Gasteiger partial charge in [0.2, 0.25) is 11.8 Å². The minimum atomic E-state index is -0.446. The monoisotopic (exact) mass is 300 g/mol. The largest absolute Gasteiger partial charge is 0.336 e. The molecule has 5 nitrogen and oxygen atoms in total. The Bertz CT molecular complexity index is 591. The maximum atomic E-state index is 12.3. The molecule has 1 aromatic carbocycles. The van der Waals surface area contributed by atoms with Crippen molar-refractivity contribution in [3.8, 4) is 0 Å². The van der Waals surface area contributed by atoms with Crippen molar-refractivity contribution in [2.45, 2.75) is 31.3 Å². The van der Waals surface area contributed by atoms with Crippen LogP contribution in [0, 0.1) is 5.92 Å². The molecule has 1 spiro atoms. The molecule has 116 valence electrons. The molecule has 5 heteroatoms. The lowest BCUT2D eigenvalue weighted by molar-refractivity contribution is -0.235. The highest BCUT2D eigenvalue weighted by Gasteiger charge is 2.55. The lowest BCUT2D eigenvalue weighted by Gasteiger charge is -2.46. The van der Waals surface area contributed by atoms with E-state index in [4.69, 9.17) is 4.84 Å². The van der Waals surface area contributed by atoms with E-state index in [9.17, 15) is 9.59 Å². The minimum absolute atomic E-state index is 0.0714. The number of likely N-dealkylation sites (tertiary alicyclic amines) is 1. The maximum Gasteiger partial charge on any atom is 0.249 e. The number of hydroxylamine groups is 2. The van der Waals surface area contributed by atoms with Crippen LogP contribution in [0.25, 0.3) is 0 Å². The number of amides is 2. The fourth-order valence-corrected chi connectivity index (χ4v) is 3.23. The fourth-order valence-electron chi connectivity index (χ4n) is 3.23. The molecule has 0 unspecified atom stereocenters. The van der Waals surface area contributed by atoms with Gasteiger partial charge in [0.05, 0.1) is 32.5 Å². The van der Waals surface area contributed by atoms with E-state index in [2.05, 4.69) is 0 Å². The van der Waals surface area contributed by atoms with Crippen molar-refractivity contribution in [2.24, 2.45) is 5.92 Å². The predicted molar refractivity (Wildman–Crippen MR) is 79.6 cm³/mol. The smallest absolute Gasteiger partial charge is 0.249 e. The molecule has 0 N–H and O–H groups in total. The second-order valence-electron chi connectivity index (χ2n) is 6.76. The van der Waals surface area contributed by atoms with Gasteiger partial charge >= 0.3 is 0 Å². The number of nitrogens with zero attached hydrogens (tertiary/aromatic N) is 2. The van der Waals surface area contributed by atoms with Crippen LogP contribution in [-0.2, 0) is 20.8 Å². The summed E-state index contributed by atoms with van der Waals surface area (Å²) < 4.78 is 0. The van der Waals surface area contributed by atoms with Crippen molar-refractivity contribution < 1.29 is 14.4 Å². The predicted octanol–water partition coefficient (Wildman–Crippen LogP) is 1.38. The van der Waals surface area contributed by atoms with Crippen molar-refractivity contribution in [1.29, 1.82) is 0 Å². The topological polar surface area (TPSA) is 49.9 Å². The number of hydrogen-bond donors (Lipinski definition) is 0. The molecule has 1 aliphatic carbocycles. The second kappa shape index (κ2) is 5.09. The Morgan fingerprint density at radius 2 is 1.95 bits per heavy atom. The molecular formula is C17H20N2O3. The molecule has 4 rings (SSSR count). The Kier molecular flexibility index (Phi) is 3.18. The van der Waals surface area contributed by atoms with Crippen LogP contribution in [-0.4, -0.2) is 47.0 Å². The van der Waals surface area contributed by atoms with E-state index in [1.54, 1.807) is 4.90 Å². The molecular weight excluding hydrogens is 280 g/mol. The Labute approximate surface area is 129 Å².